The number of methoxy groups -OCH3 is 3. The molecule has 7 nitrogen and oxygen atoms in total. The molecule has 0 saturated carbocycles. The van der Waals surface area contributed by atoms with Gasteiger partial charge in [0.1, 0.15) is 5.75 Å². The van der Waals surface area contributed by atoms with Gasteiger partial charge in [-0.3, -0.25) is 4.90 Å². The molecule has 1 N–H and O–H groups in total. The van der Waals surface area contributed by atoms with Crippen molar-refractivity contribution in [1.29, 1.82) is 0 Å². The molecule has 0 bridgehead atoms. The van der Waals surface area contributed by atoms with Crippen molar-refractivity contribution in [3.05, 3.63) is 48.0 Å². The Morgan fingerprint density at radius 1 is 0.938 bits per heavy atom. The molecule has 7 heteroatoms. The summed E-state index contributed by atoms with van der Waals surface area (Å²) < 4.78 is 21.8. The van der Waals surface area contributed by atoms with Crippen molar-refractivity contribution in [2.45, 2.75) is 6.54 Å². The topological polar surface area (TPSA) is 65.1 Å². The summed E-state index contributed by atoms with van der Waals surface area (Å²) in [5.74, 6) is 2.17. The van der Waals surface area contributed by atoms with Crippen LogP contribution < -0.4 is 19.5 Å². The molecule has 3 aromatic rings. The third-order valence-corrected chi connectivity index (χ3v) is 5.78. The monoisotopic (exact) mass is 437 g/mol. The summed E-state index contributed by atoms with van der Waals surface area (Å²) in [4.78, 5) is 7.44. The minimum absolute atomic E-state index is 0.684. The lowest BCUT2D eigenvalue weighted by Crippen LogP contribution is -2.40. The largest absolute Gasteiger partial charge is 0.497 e. The number of nitrogens with one attached hydrogen (secondary N) is 1. The Bertz CT molecular complexity index is 1050. The summed E-state index contributed by atoms with van der Waals surface area (Å²) in [6.45, 7) is 6.28. The highest BCUT2D eigenvalue weighted by atomic mass is 16.5. The van der Waals surface area contributed by atoms with Crippen LogP contribution in [-0.2, 0) is 11.3 Å². The van der Waals surface area contributed by atoms with Crippen LogP contribution in [0, 0.1) is 0 Å². The average molecular weight is 438 g/mol. The second kappa shape index (κ2) is 10.6. The second-order valence-electron chi connectivity index (χ2n) is 7.76. The summed E-state index contributed by atoms with van der Waals surface area (Å²) in [7, 11) is 4.96. The number of rotatable bonds is 9. The van der Waals surface area contributed by atoms with Crippen molar-refractivity contribution in [1.82, 2.24) is 15.2 Å². The first-order valence-electron chi connectivity index (χ1n) is 10.9. The van der Waals surface area contributed by atoms with Crippen LogP contribution >= 0.6 is 0 Å². The Hall–Kier alpha value is -2.87. The summed E-state index contributed by atoms with van der Waals surface area (Å²) in [6, 6.07) is 14.1. The molecule has 0 unspecified atom stereocenters. The maximum atomic E-state index is 5.52. The summed E-state index contributed by atoms with van der Waals surface area (Å²) in [5, 5.41) is 4.68. The van der Waals surface area contributed by atoms with Gasteiger partial charge in [-0.1, -0.05) is 0 Å². The van der Waals surface area contributed by atoms with Gasteiger partial charge in [-0.2, -0.15) is 0 Å². The van der Waals surface area contributed by atoms with Crippen LogP contribution in [0.5, 0.6) is 17.2 Å². The van der Waals surface area contributed by atoms with Crippen LogP contribution in [0.2, 0.25) is 0 Å². The van der Waals surface area contributed by atoms with Crippen LogP contribution in [0.4, 0.5) is 0 Å². The Kier molecular flexibility index (Phi) is 7.42. The van der Waals surface area contributed by atoms with E-state index in [4.69, 9.17) is 23.9 Å². The lowest BCUT2D eigenvalue weighted by molar-refractivity contribution is 0.0384. The van der Waals surface area contributed by atoms with Crippen molar-refractivity contribution in [3.8, 4) is 28.5 Å². The van der Waals surface area contributed by atoms with E-state index >= 15 is 0 Å². The molecule has 1 aliphatic rings. The standard InChI is InChI=1S/C25H31N3O4/c1-29-21-6-4-18-14-20(17-26-8-9-28-10-12-32-13-11-28)25(27-22(18)16-21)19-5-7-23(30-2)24(15-19)31-3/h4-7,14-16,26H,8-13,17H2,1-3H3. The van der Waals surface area contributed by atoms with Gasteiger partial charge in [0.2, 0.25) is 0 Å². The van der Waals surface area contributed by atoms with Crippen LogP contribution in [0.1, 0.15) is 5.56 Å². The fourth-order valence-electron chi connectivity index (χ4n) is 3.97. The number of hydrogen-bond donors (Lipinski definition) is 1. The molecule has 2 aromatic carbocycles. The number of benzene rings is 2. The van der Waals surface area contributed by atoms with Crippen molar-refractivity contribution in [2.24, 2.45) is 0 Å². The quantitative estimate of drug-likeness (QED) is 0.515. The zero-order chi connectivity index (χ0) is 22.3. The van der Waals surface area contributed by atoms with Gasteiger partial charge >= 0.3 is 0 Å². The number of nitrogens with zero attached hydrogens (tertiary/aromatic N) is 2. The molecule has 32 heavy (non-hydrogen) atoms. The van der Waals surface area contributed by atoms with E-state index in [1.54, 1.807) is 21.3 Å². The maximum Gasteiger partial charge on any atom is 0.161 e. The van der Waals surface area contributed by atoms with Crippen molar-refractivity contribution in [3.63, 3.8) is 0 Å². The van der Waals surface area contributed by atoms with Crippen molar-refractivity contribution < 1.29 is 18.9 Å². The third-order valence-electron chi connectivity index (χ3n) is 5.78. The van der Waals surface area contributed by atoms with Gasteiger partial charge in [-0.05, 0) is 42.0 Å². The normalized spacial score (nSPS) is 14.5. The van der Waals surface area contributed by atoms with E-state index in [1.807, 2.05) is 30.3 Å². The van der Waals surface area contributed by atoms with Gasteiger partial charge in [0.05, 0.1) is 45.8 Å². The van der Waals surface area contributed by atoms with Gasteiger partial charge < -0.3 is 24.3 Å². The molecule has 1 fully saturated rings. The predicted octanol–water partition coefficient (Wildman–Crippen LogP) is 3.35. The molecule has 170 valence electrons. The zero-order valence-electron chi connectivity index (χ0n) is 19.0. The highest BCUT2D eigenvalue weighted by Gasteiger charge is 2.14. The lowest BCUT2D eigenvalue weighted by atomic mass is 10.0. The minimum atomic E-state index is 0.684. The Morgan fingerprint density at radius 2 is 1.75 bits per heavy atom. The van der Waals surface area contributed by atoms with Crippen LogP contribution in [0.15, 0.2) is 42.5 Å². The van der Waals surface area contributed by atoms with Gasteiger partial charge in [0.15, 0.2) is 11.5 Å². The van der Waals surface area contributed by atoms with E-state index in [1.165, 1.54) is 0 Å². The highest BCUT2D eigenvalue weighted by Crippen LogP contribution is 2.34. The van der Waals surface area contributed by atoms with Gasteiger partial charge in [0, 0.05) is 49.7 Å². The zero-order valence-corrected chi connectivity index (χ0v) is 19.0. The molecule has 1 aliphatic heterocycles. The number of fused-ring (bicyclic) bond motifs is 1. The first kappa shape index (κ1) is 22.3. The molecule has 0 spiro atoms. The van der Waals surface area contributed by atoms with E-state index in [-0.39, 0.29) is 0 Å². The molecule has 0 radical (unpaired) electrons. The van der Waals surface area contributed by atoms with E-state index in [2.05, 4.69) is 22.3 Å². The number of hydrogen-bond acceptors (Lipinski definition) is 7. The summed E-state index contributed by atoms with van der Waals surface area (Å²) in [6.07, 6.45) is 0. The number of morpholine rings is 1. The molecule has 0 amide bonds. The second-order valence-corrected chi connectivity index (χ2v) is 7.76. The van der Waals surface area contributed by atoms with Crippen LogP contribution in [-0.4, -0.2) is 70.6 Å². The lowest BCUT2D eigenvalue weighted by Gasteiger charge is -2.26. The smallest absolute Gasteiger partial charge is 0.161 e. The Balaban J connectivity index is 1.62. The first-order chi connectivity index (χ1) is 15.7. The molecule has 1 aromatic heterocycles. The SMILES string of the molecule is COc1ccc2cc(CNCCN3CCOCC3)c(-c3ccc(OC)c(OC)c3)nc2c1. The Labute approximate surface area is 189 Å². The Morgan fingerprint density at radius 3 is 2.50 bits per heavy atom. The molecule has 4 rings (SSSR count). The van der Waals surface area contributed by atoms with Gasteiger partial charge in [-0.25, -0.2) is 4.98 Å². The number of pyridine rings is 1. The first-order valence-corrected chi connectivity index (χ1v) is 10.9. The summed E-state index contributed by atoms with van der Waals surface area (Å²) >= 11 is 0. The number of ether oxygens (including phenoxy) is 4. The van der Waals surface area contributed by atoms with Crippen LogP contribution in [0.25, 0.3) is 22.2 Å². The fraction of sp³-hybridized carbons (Fsp3) is 0.400. The molecule has 1 saturated heterocycles. The minimum Gasteiger partial charge on any atom is -0.497 e. The molecule has 0 aliphatic carbocycles. The molecular formula is C25H31N3O4. The number of aromatic nitrogens is 1. The van der Waals surface area contributed by atoms with E-state index in [0.717, 1.165) is 79.4 Å². The highest BCUT2D eigenvalue weighted by molar-refractivity contribution is 5.85. The average Bonchev–Trinajstić information content (AvgIpc) is 2.86. The van der Waals surface area contributed by atoms with Gasteiger partial charge in [-0.15, -0.1) is 0 Å². The third kappa shape index (κ3) is 5.12. The van der Waals surface area contributed by atoms with E-state index in [0.29, 0.717) is 11.5 Å². The van der Waals surface area contributed by atoms with Crippen molar-refractivity contribution in [2.75, 3.05) is 60.7 Å². The molecule has 2 heterocycles. The predicted molar refractivity (Wildman–Crippen MR) is 126 cm³/mol. The molecular weight excluding hydrogens is 406 g/mol. The fourth-order valence-corrected chi connectivity index (χ4v) is 3.97. The van der Waals surface area contributed by atoms with E-state index in [9.17, 15) is 0 Å². The van der Waals surface area contributed by atoms with Gasteiger partial charge in [0.25, 0.3) is 0 Å². The van der Waals surface area contributed by atoms with Crippen LogP contribution in [0.3, 0.4) is 0 Å². The maximum absolute atomic E-state index is 5.52. The van der Waals surface area contributed by atoms with Crippen molar-refractivity contribution >= 4 is 10.9 Å². The molecule has 0 atom stereocenters. The summed E-state index contributed by atoms with van der Waals surface area (Å²) in [5.41, 5.74) is 3.94. The van der Waals surface area contributed by atoms with E-state index < -0.39 is 0 Å².